The highest BCUT2D eigenvalue weighted by Crippen LogP contribution is 2.22. The van der Waals surface area contributed by atoms with Gasteiger partial charge in [0.2, 0.25) is 0 Å². The number of aliphatic carboxylic acids is 1. The molecule has 4 N–H and O–H groups in total. The number of halogens is 1. The number of primary amides is 1. The molecular formula is C11H12BrN3O4. The lowest BCUT2D eigenvalue weighted by molar-refractivity contribution is -0.144. The van der Waals surface area contributed by atoms with Gasteiger partial charge in [0.15, 0.2) is 6.10 Å². The van der Waals surface area contributed by atoms with Crippen LogP contribution < -0.4 is 15.9 Å². The first-order chi connectivity index (χ1) is 8.90. The minimum absolute atomic E-state index is 0.327. The fourth-order valence-corrected chi connectivity index (χ4v) is 1.51. The zero-order valence-corrected chi connectivity index (χ0v) is 11.5. The Morgan fingerprint density at radius 2 is 2.26 bits per heavy atom. The van der Waals surface area contributed by atoms with E-state index in [9.17, 15) is 9.59 Å². The Bertz CT molecular complexity index is 519. The van der Waals surface area contributed by atoms with E-state index in [1.807, 2.05) is 5.43 Å². The SMILES string of the molecule is CC(Oc1ccc(Br)cc1C=NNC(N)=O)C(=O)O. The number of nitrogens with one attached hydrogen (secondary N) is 1. The Balaban J connectivity index is 2.94. The molecule has 0 radical (unpaired) electrons. The third-order valence-electron chi connectivity index (χ3n) is 2.00. The number of hydrogen-bond donors (Lipinski definition) is 3. The van der Waals surface area contributed by atoms with Crippen LogP contribution in [0.25, 0.3) is 0 Å². The van der Waals surface area contributed by atoms with Crippen LogP contribution in [0.3, 0.4) is 0 Å². The van der Waals surface area contributed by atoms with Gasteiger partial charge in [-0.2, -0.15) is 5.10 Å². The summed E-state index contributed by atoms with van der Waals surface area (Å²) in [5.74, 6) is -0.755. The molecule has 0 aliphatic heterocycles. The van der Waals surface area contributed by atoms with Gasteiger partial charge in [-0.15, -0.1) is 0 Å². The number of nitrogens with two attached hydrogens (primary N) is 1. The highest BCUT2D eigenvalue weighted by Gasteiger charge is 2.14. The molecule has 2 amide bonds. The summed E-state index contributed by atoms with van der Waals surface area (Å²) in [5.41, 5.74) is 7.40. The van der Waals surface area contributed by atoms with E-state index in [2.05, 4.69) is 21.0 Å². The van der Waals surface area contributed by atoms with Crippen molar-refractivity contribution in [3.63, 3.8) is 0 Å². The molecule has 0 fully saturated rings. The number of hydrazone groups is 1. The molecule has 1 atom stereocenters. The minimum atomic E-state index is -1.08. The molecule has 0 bridgehead atoms. The fraction of sp³-hybridized carbons (Fsp3) is 0.182. The first-order valence-electron chi connectivity index (χ1n) is 5.17. The predicted octanol–water partition coefficient (Wildman–Crippen LogP) is 1.30. The van der Waals surface area contributed by atoms with Gasteiger partial charge < -0.3 is 15.6 Å². The van der Waals surface area contributed by atoms with E-state index in [0.717, 1.165) is 4.47 Å². The summed E-state index contributed by atoms with van der Waals surface area (Å²) in [5, 5.41) is 12.4. The van der Waals surface area contributed by atoms with Gasteiger partial charge in [0.25, 0.3) is 0 Å². The highest BCUT2D eigenvalue weighted by molar-refractivity contribution is 9.10. The van der Waals surface area contributed by atoms with Gasteiger partial charge in [-0.25, -0.2) is 15.0 Å². The number of hydrogen-bond acceptors (Lipinski definition) is 4. The molecule has 0 heterocycles. The van der Waals surface area contributed by atoms with Crippen LogP contribution >= 0.6 is 15.9 Å². The van der Waals surface area contributed by atoms with Gasteiger partial charge in [0.1, 0.15) is 5.75 Å². The van der Waals surface area contributed by atoms with Gasteiger partial charge in [-0.05, 0) is 25.1 Å². The first-order valence-corrected chi connectivity index (χ1v) is 5.97. The van der Waals surface area contributed by atoms with E-state index >= 15 is 0 Å². The molecule has 7 nitrogen and oxygen atoms in total. The zero-order chi connectivity index (χ0) is 14.4. The topological polar surface area (TPSA) is 114 Å². The highest BCUT2D eigenvalue weighted by atomic mass is 79.9. The standard InChI is InChI=1S/C11H12BrN3O4/c1-6(10(16)17)19-9-3-2-8(12)4-7(9)5-14-15-11(13)18/h2-6H,1H3,(H,16,17)(H3,13,15,18). The van der Waals surface area contributed by atoms with Crippen molar-refractivity contribution in [3.8, 4) is 5.75 Å². The number of carbonyl (C=O) groups is 2. The molecule has 8 heteroatoms. The van der Waals surface area contributed by atoms with E-state index in [1.54, 1.807) is 18.2 Å². The van der Waals surface area contributed by atoms with Crippen LogP contribution in [0, 0.1) is 0 Å². The summed E-state index contributed by atoms with van der Waals surface area (Å²) >= 11 is 3.27. The van der Waals surface area contributed by atoms with E-state index in [1.165, 1.54) is 13.1 Å². The average Bonchev–Trinajstić information content (AvgIpc) is 2.31. The Morgan fingerprint density at radius 3 is 2.84 bits per heavy atom. The van der Waals surface area contributed by atoms with Gasteiger partial charge in [0, 0.05) is 10.0 Å². The van der Waals surface area contributed by atoms with Crippen molar-refractivity contribution in [1.29, 1.82) is 0 Å². The van der Waals surface area contributed by atoms with Crippen LogP contribution in [0.15, 0.2) is 27.8 Å². The molecule has 1 aromatic carbocycles. The van der Waals surface area contributed by atoms with E-state index in [-0.39, 0.29) is 0 Å². The second-order valence-corrected chi connectivity index (χ2v) is 4.43. The lowest BCUT2D eigenvalue weighted by atomic mass is 10.2. The molecule has 19 heavy (non-hydrogen) atoms. The number of rotatable bonds is 5. The lowest BCUT2D eigenvalue weighted by Crippen LogP contribution is -2.25. The average molecular weight is 330 g/mol. The van der Waals surface area contributed by atoms with Crippen molar-refractivity contribution in [1.82, 2.24) is 5.43 Å². The van der Waals surface area contributed by atoms with Crippen molar-refractivity contribution in [2.24, 2.45) is 10.8 Å². The summed E-state index contributed by atoms with van der Waals surface area (Å²) in [7, 11) is 0. The molecule has 1 rings (SSSR count). The maximum absolute atomic E-state index is 10.7. The maximum Gasteiger partial charge on any atom is 0.344 e. The quantitative estimate of drug-likeness (QED) is 0.558. The van der Waals surface area contributed by atoms with Gasteiger partial charge in [-0.1, -0.05) is 15.9 Å². The third kappa shape index (κ3) is 4.96. The number of carbonyl (C=O) groups excluding carboxylic acids is 1. The predicted molar refractivity (Wildman–Crippen MR) is 72.2 cm³/mol. The molecule has 102 valence electrons. The third-order valence-corrected chi connectivity index (χ3v) is 2.49. The van der Waals surface area contributed by atoms with Crippen LogP contribution in [0.5, 0.6) is 5.75 Å². The number of carboxylic acid groups (broad SMARTS) is 1. The Morgan fingerprint density at radius 1 is 1.58 bits per heavy atom. The molecule has 0 saturated carbocycles. The van der Waals surface area contributed by atoms with E-state index in [4.69, 9.17) is 15.6 Å². The lowest BCUT2D eigenvalue weighted by Gasteiger charge is -2.12. The van der Waals surface area contributed by atoms with Crippen LogP contribution in [-0.4, -0.2) is 29.4 Å². The zero-order valence-electron chi connectivity index (χ0n) is 9.96. The smallest absolute Gasteiger partial charge is 0.344 e. The fourth-order valence-electron chi connectivity index (χ4n) is 1.13. The number of benzene rings is 1. The van der Waals surface area contributed by atoms with Crippen molar-refractivity contribution >= 4 is 34.1 Å². The first kappa shape index (κ1) is 15.0. The number of carboxylic acids is 1. The van der Waals surface area contributed by atoms with Gasteiger partial charge in [0.05, 0.1) is 6.21 Å². The summed E-state index contributed by atoms with van der Waals surface area (Å²) < 4.78 is 6.02. The van der Waals surface area contributed by atoms with Crippen LogP contribution in [0.2, 0.25) is 0 Å². The van der Waals surface area contributed by atoms with Gasteiger partial charge >= 0.3 is 12.0 Å². The molecular weight excluding hydrogens is 318 g/mol. The number of ether oxygens (including phenoxy) is 1. The molecule has 0 aliphatic carbocycles. The number of amides is 2. The molecule has 0 spiro atoms. The Labute approximate surface area is 117 Å². The minimum Gasteiger partial charge on any atom is -0.479 e. The van der Waals surface area contributed by atoms with E-state index < -0.39 is 18.1 Å². The van der Waals surface area contributed by atoms with E-state index in [0.29, 0.717) is 11.3 Å². The summed E-state index contributed by atoms with van der Waals surface area (Å²) in [6, 6.07) is 4.15. The largest absolute Gasteiger partial charge is 0.479 e. The second kappa shape index (κ2) is 6.74. The van der Waals surface area contributed by atoms with Crippen LogP contribution in [0.1, 0.15) is 12.5 Å². The Kier molecular flexibility index (Phi) is 5.31. The summed E-state index contributed by atoms with van der Waals surface area (Å²) in [6.07, 6.45) is 0.303. The molecule has 0 aliphatic rings. The normalized spacial score (nSPS) is 12.1. The summed E-state index contributed by atoms with van der Waals surface area (Å²) in [4.78, 5) is 21.2. The Hall–Kier alpha value is -2.09. The molecule has 1 unspecified atom stereocenters. The number of nitrogens with zero attached hydrogens (tertiary/aromatic N) is 1. The van der Waals surface area contributed by atoms with Crippen molar-refractivity contribution in [3.05, 3.63) is 28.2 Å². The van der Waals surface area contributed by atoms with Crippen LogP contribution in [0.4, 0.5) is 4.79 Å². The molecule has 1 aromatic rings. The van der Waals surface area contributed by atoms with Gasteiger partial charge in [-0.3, -0.25) is 0 Å². The monoisotopic (exact) mass is 329 g/mol. The number of urea groups is 1. The van der Waals surface area contributed by atoms with Crippen molar-refractivity contribution in [2.45, 2.75) is 13.0 Å². The van der Waals surface area contributed by atoms with Crippen LogP contribution in [-0.2, 0) is 4.79 Å². The molecule has 0 aromatic heterocycles. The maximum atomic E-state index is 10.7. The summed E-state index contributed by atoms with van der Waals surface area (Å²) in [6.45, 7) is 1.41. The molecule has 0 saturated heterocycles. The van der Waals surface area contributed by atoms with Crippen molar-refractivity contribution < 1.29 is 19.4 Å². The second-order valence-electron chi connectivity index (χ2n) is 3.51. The van der Waals surface area contributed by atoms with Crippen molar-refractivity contribution in [2.75, 3.05) is 0 Å².